The molecule has 0 unspecified atom stereocenters. The second-order valence-corrected chi connectivity index (χ2v) is 7.29. The Balaban J connectivity index is 1.55. The Hall–Kier alpha value is -2.75. The molecule has 4 aromatic rings. The van der Waals surface area contributed by atoms with E-state index in [4.69, 9.17) is 4.74 Å². The van der Waals surface area contributed by atoms with Crippen LogP contribution in [0.15, 0.2) is 54.7 Å². The number of hydrogen-bond donors (Lipinski definition) is 0. The van der Waals surface area contributed by atoms with E-state index >= 15 is 0 Å². The van der Waals surface area contributed by atoms with E-state index < -0.39 is 0 Å². The van der Waals surface area contributed by atoms with Crippen LogP contribution >= 0.6 is 22.6 Å². The van der Waals surface area contributed by atoms with Gasteiger partial charge >= 0.3 is 0 Å². The lowest BCUT2D eigenvalue weighted by atomic mass is 10.1. The Labute approximate surface area is 176 Å². The van der Waals surface area contributed by atoms with Crippen molar-refractivity contribution in [2.45, 2.75) is 19.9 Å². The van der Waals surface area contributed by atoms with Crippen LogP contribution in [0.3, 0.4) is 0 Å². The van der Waals surface area contributed by atoms with E-state index in [1.165, 1.54) is 5.56 Å². The molecule has 0 aliphatic carbocycles. The number of methoxy groups -OCH3 is 1. The van der Waals surface area contributed by atoms with E-state index in [9.17, 15) is 0 Å². The molecular formula is C20H19IN6O. The van der Waals surface area contributed by atoms with Crippen molar-refractivity contribution in [2.75, 3.05) is 7.11 Å². The summed E-state index contributed by atoms with van der Waals surface area (Å²) < 4.78 is 8.02. The predicted octanol–water partition coefficient (Wildman–Crippen LogP) is 3.75. The SMILES string of the molecule is CCc1ccc(-n2ncc(-c3nnn(Cc4ccc(OC)cc4)n3)c2I)cc1. The third kappa shape index (κ3) is 3.77. The van der Waals surface area contributed by atoms with Gasteiger partial charge in [-0.3, -0.25) is 0 Å². The zero-order valence-electron chi connectivity index (χ0n) is 15.6. The molecule has 0 radical (unpaired) electrons. The molecular weight excluding hydrogens is 467 g/mol. The van der Waals surface area contributed by atoms with Gasteiger partial charge in [0.2, 0.25) is 5.82 Å². The van der Waals surface area contributed by atoms with Crippen molar-refractivity contribution in [1.82, 2.24) is 30.0 Å². The average Bonchev–Trinajstić information content (AvgIpc) is 3.35. The van der Waals surface area contributed by atoms with Crippen LogP contribution in [0.5, 0.6) is 5.75 Å². The van der Waals surface area contributed by atoms with E-state index in [1.807, 2.05) is 28.9 Å². The van der Waals surface area contributed by atoms with Gasteiger partial charge in [-0.1, -0.05) is 31.2 Å². The number of rotatable bonds is 6. The molecule has 8 heteroatoms. The van der Waals surface area contributed by atoms with Crippen molar-refractivity contribution >= 4 is 22.6 Å². The molecule has 4 rings (SSSR count). The summed E-state index contributed by atoms with van der Waals surface area (Å²) in [5.41, 5.74) is 4.25. The van der Waals surface area contributed by atoms with E-state index in [1.54, 1.807) is 18.1 Å². The number of halogens is 1. The normalized spacial score (nSPS) is 11.0. The van der Waals surface area contributed by atoms with Gasteiger partial charge in [0, 0.05) is 0 Å². The Morgan fingerprint density at radius 3 is 2.39 bits per heavy atom. The van der Waals surface area contributed by atoms with Crippen molar-refractivity contribution < 1.29 is 4.74 Å². The van der Waals surface area contributed by atoms with Crippen molar-refractivity contribution in [3.63, 3.8) is 0 Å². The van der Waals surface area contributed by atoms with Gasteiger partial charge in [0.05, 0.1) is 31.1 Å². The fourth-order valence-corrected chi connectivity index (χ4v) is 3.63. The molecule has 0 N–H and O–H groups in total. The lowest BCUT2D eigenvalue weighted by Crippen LogP contribution is -2.04. The van der Waals surface area contributed by atoms with Crippen LogP contribution in [-0.4, -0.2) is 37.1 Å². The minimum absolute atomic E-state index is 0.542. The summed E-state index contributed by atoms with van der Waals surface area (Å²) in [6.45, 7) is 2.69. The molecule has 142 valence electrons. The highest BCUT2D eigenvalue weighted by Gasteiger charge is 2.16. The van der Waals surface area contributed by atoms with Gasteiger partial charge in [0.25, 0.3) is 0 Å². The number of tetrazole rings is 1. The van der Waals surface area contributed by atoms with Gasteiger partial charge in [-0.25, -0.2) is 4.68 Å². The van der Waals surface area contributed by atoms with E-state index in [2.05, 4.69) is 74.3 Å². The van der Waals surface area contributed by atoms with Crippen LogP contribution in [0.25, 0.3) is 17.1 Å². The van der Waals surface area contributed by atoms with Gasteiger partial charge in [0.15, 0.2) is 0 Å². The van der Waals surface area contributed by atoms with Crippen LogP contribution in [0.2, 0.25) is 0 Å². The van der Waals surface area contributed by atoms with Crippen LogP contribution in [0, 0.1) is 3.70 Å². The lowest BCUT2D eigenvalue weighted by Gasteiger charge is -2.04. The molecule has 2 aromatic carbocycles. The zero-order valence-corrected chi connectivity index (χ0v) is 17.7. The lowest BCUT2D eigenvalue weighted by molar-refractivity contribution is 0.414. The molecule has 0 saturated carbocycles. The van der Waals surface area contributed by atoms with Crippen molar-refractivity contribution in [1.29, 1.82) is 0 Å². The minimum Gasteiger partial charge on any atom is -0.497 e. The topological polar surface area (TPSA) is 70.7 Å². The fourth-order valence-electron chi connectivity index (χ4n) is 2.85. The molecule has 0 bridgehead atoms. The Morgan fingerprint density at radius 2 is 1.71 bits per heavy atom. The van der Waals surface area contributed by atoms with Crippen molar-refractivity contribution in [3.05, 3.63) is 69.6 Å². The van der Waals surface area contributed by atoms with Gasteiger partial charge < -0.3 is 4.74 Å². The number of nitrogens with zero attached hydrogens (tertiary/aromatic N) is 6. The summed E-state index contributed by atoms with van der Waals surface area (Å²) in [5.74, 6) is 1.39. The van der Waals surface area contributed by atoms with E-state index in [0.717, 1.165) is 32.7 Å². The summed E-state index contributed by atoms with van der Waals surface area (Å²) >= 11 is 2.27. The Kier molecular flexibility index (Phi) is 5.38. The first kappa shape index (κ1) is 18.6. The maximum absolute atomic E-state index is 5.19. The molecule has 28 heavy (non-hydrogen) atoms. The van der Waals surface area contributed by atoms with Crippen molar-refractivity contribution in [3.8, 4) is 22.8 Å². The second kappa shape index (κ2) is 8.09. The highest BCUT2D eigenvalue weighted by atomic mass is 127. The first-order chi connectivity index (χ1) is 13.7. The van der Waals surface area contributed by atoms with Crippen molar-refractivity contribution in [2.24, 2.45) is 0 Å². The zero-order chi connectivity index (χ0) is 19.5. The summed E-state index contributed by atoms with van der Waals surface area (Å²) in [6, 6.07) is 16.2. The van der Waals surface area contributed by atoms with Gasteiger partial charge in [-0.2, -0.15) is 9.90 Å². The largest absolute Gasteiger partial charge is 0.497 e. The van der Waals surface area contributed by atoms with Crippen LogP contribution in [0.1, 0.15) is 18.1 Å². The number of aromatic nitrogens is 6. The van der Waals surface area contributed by atoms with E-state index in [-0.39, 0.29) is 0 Å². The number of benzene rings is 2. The molecule has 0 saturated heterocycles. The van der Waals surface area contributed by atoms with Gasteiger partial charge in [-0.05, 0) is 69.6 Å². The molecule has 2 aromatic heterocycles. The third-order valence-electron chi connectivity index (χ3n) is 4.48. The van der Waals surface area contributed by atoms with Gasteiger partial charge in [-0.15, -0.1) is 10.2 Å². The summed E-state index contributed by atoms with van der Waals surface area (Å²) in [6.07, 6.45) is 2.80. The first-order valence-electron chi connectivity index (χ1n) is 8.92. The smallest absolute Gasteiger partial charge is 0.209 e. The standard InChI is InChI=1S/C20H19IN6O/c1-3-14-4-8-16(9-5-14)27-19(21)18(12-22-27)20-23-25-26(24-20)13-15-6-10-17(28-2)11-7-15/h4-12H,3,13H2,1-2H3. The highest BCUT2D eigenvalue weighted by Crippen LogP contribution is 2.24. The maximum Gasteiger partial charge on any atom is 0.209 e. The molecule has 2 heterocycles. The van der Waals surface area contributed by atoms with E-state index in [0.29, 0.717) is 12.4 Å². The molecule has 7 nitrogen and oxygen atoms in total. The molecule has 0 fully saturated rings. The molecule has 0 amide bonds. The highest BCUT2D eigenvalue weighted by molar-refractivity contribution is 14.1. The Bertz CT molecular complexity index is 1070. The predicted molar refractivity (Wildman–Crippen MR) is 115 cm³/mol. The fraction of sp³-hybridized carbons (Fsp3) is 0.200. The van der Waals surface area contributed by atoms with Crippen LogP contribution in [-0.2, 0) is 13.0 Å². The first-order valence-corrected chi connectivity index (χ1v) is 9.99. The molecule has 0 aliphatic heterocycles. The summed E-state index contributed by atoms with van der Waals surface area (Å²) in [5, 5.41) is 17.4. The monoisotopic (exact) mass is 486 g/mol. The Morgan fingerprint density at radius 1 is 1.00 bits per heavy atom. The maximum atomic E-state index is 5.19. The third-order valence-corrected chi connectivity index (χ3v) is 5.51. The second-order valence-electron chi connectivity index (χ2n) is 6.27. The minimum atomic E-state index is 0.542. The number of aryl methyl sites for hydroxylation is 1. The summed E-state index contributed by atoms with van der Waals surface area (Å²) in [7, 11) is 1.65. The number of hydrogen-bond acceptors (Lipinski definition) is 5. The molecule has 0 atom stereocenters. The van der Waals surface area contributed by atoms with Crippen LogP contribution < -0.4 is 4.74 Å². The quantitative estimate of drug-likeness (QED) is 0.389. The number of ether oxygens (including phenoxy) is 1. The van der Waals surface area contributed by atoms with Gasteiger partial charge in [0.1, 0.15) is 9.45 Å². The molecule has 0 spiro atoms. The molecule has 0 aliphatic rings. The summed E-state index contributed by atoms with van der Waals surface area (Å²) in [4.78, 5) is 1.58. The van der Waals surface area contributed by atoms with Crippen LogP contribution in [0.4, 0.5) is 0 Å². The average molecular weight is 486 g/mol.